The van der Waals surface area contributed by atoms with E-state index in [1.807, 2.05) is 18.4 Å². The summed E-state index contributed by atoms with van der Waals surface area (Å²) in [5, 5.41) is 5.48. The van der Waals surface area contributed by atoms with Crippen molar-refractivity contribution in [3.8, 4) is 0 Å². The minimum absolute atomic E-state index is 0.676. The summed E-state index contributed by atoms with van der Waals surface area (Å²) in [5.74, 6) is 0.676. The van der Waals surface area contributed by atoms with E-state index >= 15 is 0 Å². The van der Waals surface area contributed by atoms with Gasteiger partial charge in [-0.1, -0.05) is 35.9 Å². The number of hydrogen-bond acceptors (Lipinski definition) is 2. The van der Waals surface area contributed by atoms with Gasteiger partial charge in [0.05, 0.1) is 0 Å². The van der Waals surface area contributed by atoms with Crippen molar-refractivity contribution < 1.29 is 0 Å². The van der Waals surface area contributed by atoms with Crippen molar-refractivity contribution in [3.05, 3.63) is 57.8 Å². The number of thiophene rings is 1. The van der Waals surface area contributed by atoms with Crippen LogP contribution in [0.3, 0.4) is 0 Å². The van der Waals surface area contributed by atoms with Crippen LogP contribution in [0.1, 0.15) is 16.0 Å². The molecule has 1 heterocycles. The minimum Gasteiger partial charge on any atom is -0.319 e. The number of hydrogen-bond donors (Lipinski definition) is 1. The average Bonchev–Trinajstić information content (AvgIpc) is 2.82. The molecule has 0 saturated heterocycles. The van der Waals surface area contributed by atoms with Gasteiger partial charge in [-0.3, -0.25) is 0 Å². The lowest BCUT2D eigenvalue weighted by Gasteiger charge is -2.16. The van der Waals surface area contributed by atoms with Crippen molar-refractivity contribution in [3.63, 3.8) is 0 Å². The highest BCUT2D eigenvalue weighted by Crippen LogP contribution is 2.18. The lowest BCUT2D eigenvalue weighted by atomic mass is 9.94. The molecule has 1 aromatic carbocycles. The fraction of sp³-hybridized carbons (Fsp3) is 0.375. The largest absolute Gasteiger partial charge is 0.319 e. The molecular formula is C16H21NS. The van der Waals surface area contributed by atoms with Crippen LogP contribution in [0.25, 0.3) is 0 Å². The maximum absolute atomic E-state index is 3.32. The van der Waals surface area contributed by atoms with Gasteiger partial charge in [0, 0.05) is 4.88 Å². The van der Waals surface area contributed by atoms with Gasteiger partial charge in [0.15, 0.2) is 0 Å². The second-order valence-electron chi connectivity index (χ2n) is 4.90. The molecule has 2 heteroatoms. The summed E-state index contributed by atoms with van der Waals surface area (Å²) in [6.07, 6.45) is 2.33. The number of nitrogens with one attached hydrogen (secondary N) is 1. The first-order chi connectivity index (χ1) is 8.78. The van der Waals surface area contributed by atoms with E-state index in [9.17, 15) is 0 Å². The predicted molar refractivity (Wildman–Crippen MR) is 80.3 cm³/mol. The van der Waals surface area contributed by atoms with E-state index in [4.69, 9.17) is 0 Å². The van der Waals surface area contributed by atoms with Crippen molar-refractivity contribution in [2.24, 2.45) is 5.92 Å². The Labute approximate surface area is 114 Å². The Hall–Kier alpha value is -1.12. The molecule has 2 aromatic rings. The van der Waals surface area contributed by atoms with Crippen LogP contribution in [-0.2, 0) is 12.8 Å². The standard InChI is InChI=1S/C16H21NS/c1-13-5-3-6-14(9-13)10-15(12-17-2)11-16-7-4-8-18-16/h3-9,15,17H,10-12H2,1-2H3. The molecule has 2 rings (SSSR count). The van der Waals surface area contributed by atoms with Crippen LogP contribution in [0.2, 0.25) is 0 Å². The number of benzene rings is 1. The Kier molecular flexibility index (Phi) is 4.97. The number of aryl methyl sites for hydroxylation is 1. The van der Waals surface area contributed by atoms with E-state index < -0.39 is 0 Å². The molecule has 0 spiro atoms. The molecule has 0 aliphatic carbocycles. The second-order valence-corrected chi connectivity index (χ2v) is 5.93. The van der Waals surface area contributed by atoms with Crippen LogP contribution >= 0.6 is 11.3 Å². The molecule has 0 fully saturated rings. The second kappa shape index (κ2) is 6.72. The fourth-order valence-corrected chi connectivity index (χ4v) is 3.21. The van der Waals surface area contributed by atoms with Crippen LogP contribution in [0.4, 0.5) is 0 Å². The molecule has 1 aromatic heterocycles. The van der Waals surface area contributed by atoms with Crippen LogP contribution < -0.4 is 5.32 Å². The Morgan fingerprint density at radius 3 is 2.72 bits per heavy atom. The summed E-state index contributed by atoms with van der Waals surface area (Å²) in [6, 6.07) is 13.2. The van der Waals surface area contributed by atoms with E-state index in [1.165, 1.54) is 22.4 Å². The molecule has 0 amide bonds. The summed E-state index contributed by atoms with van der Waals surface area (Å²) < 4.78 is 0. The zero-order valence-electron chi connectivity index (χ0n) is 11.1. The van der Waals surface area contributed by atoms with E-state index in [1.54, 1.807) is 0 Å². The zero-order valence-corrected chi connectivity index (χ0v) is 12.0. The Morgan fingerprint density at radius 1 is 1.17 bits per heavy atom. The molecule has 0 aliphatic rings. The Balaban J connectivity index is 2.01. The van der Waals surface area contributed by atoms with Gasteiger partial charge in [-0.15, -0.1) is 11.3 Å². The molecule has 1 nitrogen and oxygen atoms in total. The zero-order chi connectivity index (χ0) is 12.8. The minimum atomic E-state index is 0.676. The summed E-state index contributed by atoms with van der Waals surface area (Å²) in [5.41, 5.74) is 2.80. The van der Waals surface area contributed by atoms with Crippen molar-refractivity contribution in [1.29, 1.82) is 0 Å². The van der Waals surface area contributed by atoms with Gasteiger partial charge in [-0.05, 0) is 56.3 Å². The van der Waals surface area contributed by atoms with E-state index in [-0.39, 0.29) is 0 Å². The van der Waals surface area contributed by atoms with Gasteiger partial charge in [0.25, 0.3) is 0 Å². The van der Waals surface area contributed by atoms with E-state index in [0.29, 0.717) is 5.92 Å². The molecule has 18 heavy (non-hydrogen) atoms. The van der Waals surface area contributed by atoms with E-state index in [2.05, 4.69) is 54.0 Å². The smallest absolute Gasteiger partial charge is 0.00485 e. The molecule has 0 aliphatic heterocycles. The molecule has 1 N–H and O–H groups in total. The normalized spacial score (nSPS) is 12.6. The highest BCUT2D eigenvalue weighted by atomic mass is 32.1. The van der Waals surface area contributed by atoms with Gasteiger partial charge >= 0.3 is 0 Å². The number of rotatable bonds is 6. The van der Waals surface area contributed by atoms with Crippen molar-refractivity contribution in [2.75, 3.05) is 13.6 Å². The van der Waals surface area contributed by atoms with Crippen molar-refractivity contribution in [1.82, 2.24) is 5.32 Å². The van der Waals surface area contributed by atoms with Crippen LogP contribution in [0.15, 0.2) is 41.8 Å². The Morgan fingerprint density at radius 2 is 2.06 bits per heavy atom. The third-order valence-electron chi connectivity index (χ3n) is 3.17. The average molecular weight is 259 g/mol. The lowest BCUT2D eigenvalue weighted by molar-refractivity contribution is 0.496. The van der Waals surface area contributed by atoms with Crippen LogP contribution in [0, 0.1) is 12.8 Å². The van der Waals surface area contributed by atoms with Crippen LogP contribution in [0.5, 0.6) is 0 Å². The lowest BCUT2D eigenvalue weighted by Crippen LogP contribution is -2.22. The maximum Gasteiger partial charge on any atom is 0.00485 e. The summed E-state index contributed by atoms with van der Waals surface area (Å²) >= 11 is 1.86. The molecule has 0 bridgehead atoms. The fourth-order valence-electron chi connectivity index (χ4n) is 2.39. The molecular weight excluding hydrogens is 238 g/mol. The topological polar surface area (TPSA) is 12.0 Å². The summed E-state index contributed by atoms with van der Waals surface area (Å²) in [4.78, 5) is 1.49. The third kappa shape index (κ3) is 3.97. The first-order valence-electron chi connectivity index (χ1n) is 6.50. The maximum atomic E-state index is 3.32. The van der Waals surface area contributed by atoms with Crippen molar-refractivity contribution in [2.45, 2.75) is 19.8 Å². The summed E-state index contributed by atoms with van der Waals surface area (Å²) in [7, 11) is 2.04. The third-order valence-corrected chi connectivity index (χ3v) is 4.07. The molecule has 96 valence electrons. The molecule has 1 unspecified atom stereocenters. The molecule has 1 atom stereocenters. The van der Waals surface area contributed by atoms with Gasteiger partial charge in [-0.25, -0.2) is 0 Å². The molecule has 0 saturated carbocycles. The monoisotopic (exact) mass is 259 g/mol. The quantitative estimate of drug-likeness (QED) is 0.834. The SMILES string of the molecule is CNCC(Cc1cccc(C)c1)Cc1cccs1. The highest BCUT2D eigenvalue weighted by Gasteiger charge is 2.10. The van der Waals surface area contributed by atoms with E-state index in [0.717, 1.165) is 13.0 Å². The first-order valence-corrected chi connectivity index (χ1v) is 7.38. The Bertz CT molecular complexity index is 462. The van der Waals surface area contributed by atoms with Crippen molar-refractivity contribution >= 4 is 11.3 Å². The van der Waals surface area contributed by atoms with Gasteiger partial charge in [0.1, 0.15) is 0 Å². The van der Waals surface area contributed by atoms with Gasteiger partial charge in [-0.2, -0.15) is 0 Å². The van der Waals surface area contributed by atoms with Crippen LogP contribution in [-0.4, -0.2) is 13.6 Å². The predicted octanol–water partition coefficient (Wildman–Crippen LogP) is 3.68. The molecule has 0 radical (unpaired) electrons. The van der Waals surface area contributed by atoms with Gasteiger partial charge < -0.3 is 5.32 Å². The first kappa shape index (κ1) is 13.3. The highest BCUT2D eigenvalue weighted by molar-refractivity contribution is 7.09. The summed E-state index contributed by atoms with van der Waals surface area (Å²) in [6.45, 7) is 3.24. The van der Waals surface area contributed by atoms with Gasteiger partial charge in [0.2, 0.25) is 0 Å².